The molecule has 0 spiro atoms. The Morgan fingerprint density at radius 3 is 2.33 bits per heavy atom. The number of nitrogens with one attached hydrogen (secondary N) is 1. The summed E-state index contributed by atoms with van der Waals surface area (Å²) in [5.41, 5.74) is 3.07. The van der Waals surface area contributed by atoms with Crippen LogP contribution in [-0.4, -0.2) is 73.4 Å². The summed E-state index contributed by atoms with van der Waals surface area (Å²) in [6.07, 6.45) is 0.160. The molecule has 3 aliphatic rings. The lowest BCUT2D eigenvalue weighted by atomic mass is 9.66. The zero-order chi connectivity index (χ0) is 36.7. The molecule has 1 aliphatic carbocycles. The number of ether oxygens (including phenoxy) is 8. The van der Waals surface area contributed by atoms with E-state index in [1.165, 1.54) is 26.0 Å². The first-order chi connectivity index (χ1) is 25.0. The van der Waals surface area contributed by atoms with E-state index in [1.54, 1.807) is 69.4 Å². The molecule has 1 aromatic heterocycles. The second-order valence-electron chi connectivity index (χ2n) is 13.5. The number of carbonyl (C=O) groups is 3. The van der Waals surface area contributed by atoms with Gasteiger partial charge in [0.2, 0.25) is 12.5 Å². The molecule has 15 nitrogen and oxygen atoms in total. The van der Waals surface area contributed by atoms with Gasteiger partial charge in [-0.15, -0.1) is 5.10 Å². The molecule has 4 atom stereocenters. The molecule has 1 N–H and O–H groups in total. The minimum absolute atomic E-state index is 0.0288. The number of rotatable bonds is 9. The van der Waals surface area contributed by atoms with Crippen molar-refractivity contribution in [2.75, 3.05) is 40.0 Å². The standard InChI is InChI=1S/C37H38N4O11/c1-37(2,3)52-36(44)38-21-9-7-8-19(10-21)25-15-41(40-39-25)16-30(42)51-33-23-14-27-26(49-18-50-27)13-22(23)31(32-24(33)17-48-35(32)43)20-11-28(45-4)34(47-6)29(12-20)46-5/h7-15,24,31-33H,16-18H2,1-6H3,(H,38,44)/t24-,31+,32-,33-/m0/s1. The van der Waals surface area contributed by atoms with E-state index < -0.39 is 47.5 Å². The molecule has 3 heterocycles. The summed E-state index contributed by atoms with van der Waals surface area (Å²) in [5, 5.41) is 11.1. The molecule has 0 radical (unpaired) electrons. The molecule has 15 heteroatoms. The maximum Gasteiger partial charge on any atom is 0.412 e. The summed E-state index contributed by atoms with van der Waals surface area (Å²) in [6.45, 7) is 5.15. The van der Waals surface area contributed by atoms with Crippen molar-refractivity contribution in [2.45, 2.75) is 44.9 Å². The van der Waals surface area contributed by atoms with Crippen LogP contribution in [0.15, 0.2) is 54.7 Å². The lowest BCUT2D eigenvalue weighted by Gasteiger charge is -2.38. The second-order valence-corrected chi connectivity index (χ2v) is 13.5. The zero-order valence-electron chi connectivity index (χ0n) is 29.5. The molecule has 1 amide bonds. The van der Waals surface area contributed by atoms with Gasteiger partial charge in [0.25, 0.3) is 0 Å². The normalized spacial score (nSPS) is 19.9. The van der Waals surface area contributed by atoms with Gasteiger partial charge in [-0.3, -0.25) is 14.9 Å². The first-order valence-electron chi connectivity index (χ1n) is 16.6. The number of benzene rings is 3. The highest BCUT2D eigenvalue weighted by molar-refractivity contribution is 5.86. The Kier molecular flexibility index (Phi) is 9.02. The quantitative estimate of drug-likeness (QED) is 0.176. The van der Waals surface area contributed by atoms with E-state index >= 15 is 0 Å². The van der Waals surface area contributed by atoms with E-state index in [2.05, 4.69) is 15.6 Å². The molecule has 272 valence electrons. The Balaban J connectivity index is 1.16. The number of fused-ring (bicyclic) bond motifs is 3. The van der Waals surface area contributed by atoms with Gasteiger partial charge in [0.1, 0.15) is 23.9 Å². The number of carbonyl (C=O) groups excluding carboxylic acids is 3. The Bertz CT molecular complexity index is 2010. The third kappa shape index (κ3) is 6.61. The number of methoxy groups -OCH3 is 3. The molecule has 1 saturated heterocycles. The molecule has 4 aromatic rings. The van der Waals surface area contributed by atoms with Crippen LogP contribution < -0.4 is 29.0 Å². The van der Waals surface area contributed by atoms with Gasteiger partial charge in [0.15, 0.2) is 23.0 Å². The minimum Gasteiger partial charge on any atom is -0.493 e. The van der Waals surface area contributed by atoms with Crippen molar-refractivity contribution in [1.29, 1.82) is 0 Å². The molecular weight excluding hydrogens is 676 g/mol. The molecule has 3 aromatic carbocycles. The largest absolute Gasteiger partial charge is 0.493 e. The topological polar surface area (TPSA) is 168 Å². The molecule has 1 fully saturated rings. The monoisotopic (exact) mass is 714 g/mol. The van der Waals surface area contributed by atoms with Crippen molar-refractivity contribution in [3.8, 4) is 40.0 Å². The molecular formula is C37H38N4O11. The van der Waals surface area contributed by atoms with Gasteiger partial charge in [-0.1, -0.05) is 17.3 Å². The number of amides is 1. The van der Waals surface area contributed by atoms with Crippen LogP contribution in [0.2, 0.25) is 0 Å². The van der Waals surface area contributed by atoms with Crippen molar-refractivity contribution >= 4 is 23.7 Å². The lowest BCUT2D eigenvalue weighted by molar-refractivity contribution is -0.155. The number of aromatic nitrogens is 3. The molecule has 0 bridgehead atoms. The Morgan fingerprint density at radius 2 is 1.65 bits per heavy atom. The van der Waals surface area contributed by atoms with Gasteiger partial charge in [-0.05, 0) is 68.3 Å². The average Bonchev–Trinajstić information content (AvgIpc) is 3.86. The van der Waals surface area contributed by atoms with Crippen LogP contribution in [0.25, 0.3) is 11.3 Å². The minimum atomic E-state index is -0.856. The van der Waals surface area contributed by atoms with E-state index in [0.717, 1.165) is 0 Å². The highest BCUT2D eigenvalue weighted by atomic mass is 16.7. The van der Waals surface area contributed by atoms with Gasteiger partial charge in [-0.25, -0.2) is 9.48 Å². The van der Waals surface area contributed by atoms with Crippen molar-refractivity contribution in [2.24, 2.45) is 11.8 Å². The van der Waals surface area contributed by atoms with Crippen LogP contribution >= 0.6 is 0 Å². The second kappa shape index (κ2) is 13.6. The Morgan fingerprint density at radius 1 is 0.942 bits per heavy atom. The number of esters is 2. The summed E-state index contributed by atoms with van der Waals surface area (Å²) in [5.74, 6) is -0.535. The SMILES string of the molecule is COc1cc([C@@H]2c3cc4c(cc3[C@H](OC(=O)Cn3cc(-c5cccc(NC(=O)OC(C)(C)C)c5)nn3)[C@H]3COC(=O)[C@H]23)OCO4)cc(OC)c1OC. The van der Waals surface area contributed by atoms with Crippen molar-refractivity contribution in [1.82, 2.24) is 15.0 Å². The van der Waals surface area contributed by atoms with Crippen molar-refractivity contribution in [3.05, 3.63) is 71.4 Å². The molecule has 0 unspecified atom stereocenters. The van der Waals surface area contributed by atoms with Crippen LogP contribution in [0, 0.1) is 11.8 Å². The van der Waals surface area contributed by atoms with Crippen LogP contribution in [0.5, 0.6) is 28.7 Å². The fourth-order valence-electron chi connectivity index (χ4n) is 6.94. The Labute approximate surface area is 299 Å². The maximum atomic E-state index is 13.6. The number of cyclic esters (lactones) is 1. The number of nitrogens with zero attached hydrogens (tertiary/aromatic N) is 3. The zero-order valence-corrected chi connectivity index (χ0v) is 29.5. The lowest BCUT2D eigenvalue weighted by Crippen LogP contribution is -2.37. The maximum absolute atomic E-state index is 13.6. The van der Waals surface area contributed by atoms with E-state index in [1.807, 2.05) is 6.07 Å². The van der Waals surface area contributed by atoms with Crippen molar-refractivity contribution in [3.63, 3.8) is 0 Å². The van der Waals surface area contributed by atoms with Crippen LogP contribution in [0.3, 0.4) is 0 Å². The van der Waals surface area contributed by atoms with Crippen LogP contribution in [-0.2, 0) is 30.3 Å². The van der Waals surface area contributed by atoms with E-state index in [4.69, 9.17) is 37.9 Å². The fraction of sp³-hybridized carbons (Fsp3) is 0.378. The van der Waals surface area contributed by atoms with Gasteiger partial charge in [-0.2, -0.15) is 0 Å². The van der Waals surface area contributed by atoms with Gasteiger partial charge in [0.05, 0.1) is 40.1 Å². The number of hydrogen-bond donors (Lipinski definition) is 1. The van der Waals surface area contributed by atoms with E-state index in [-0.39, 0.29) is 19.9 Å². The summed E-state index contributed by atoms with van der Waals surface area (Å²) in [4.78, 5) is 39.4. The predicted molar refractivity (Wildman–Crippen MR) is 183 cm³/mol. The molecule has 52 heavy (non-hydrogen) atoms. The third-order valence-electron chi connectivity index (χ3n) is 9.06. The predicted octanol–water partition coefficient (Wildman–Crippen LogP) is 5.27. The number of hydrogen-bond acceptors (Lipinski definition) is 13. The summed E-state index contributed by atoms with van der Waals surface area (Å²) >= 11 is 0. The fourth-order valence-corrected chi connectivity index (χ4v) is 6.94. The van der Waals surface area contributed by atoms with Gasteiger partial charge in [0, 0.05) is 28.7 Å². The molecule has 7 rings (SSSR count). The van der Waals surface area contributed by atoms with E-state index in [0.29, 0.717) is 62.4 Å². The van der Waals surface area contributed by atoms with Crippen LogP contribution in [0.1, 0.15) is 49.5 Å². The Hall–Kier alpha value is -5.99. The average molecular weight is 715 g/mol. The first-order valence-corrected chi connectivity index (χ1v) is 16.6. The van der Waals surface area contributed by atoms with E-state index in [9.17, 15) is 14.4 Å². The molecule has 0 saturated carbocycles. The smallest absolute Gasteiger partial charge is 0.412 e. The third-order valence-corrected chi connectivity index (χ3v) is 9.06. The first kappa shape index (κ1) is 34.5. The van der Waals surface area contributed by atoms with Gasteiger partial charge < -0.3 is 37.9 Å². The highest BCUT2D eigenvalue weighted by Gasteiger charge is 2.54. The van der Waals surface area contributed by atoms with Crippen molar-refractivity contribution < 1.29 is 52.3 Å². The summed E-state index contributed by atoms with van der Waals surface area (Å²) < 4.78 is 46.8. The summed E-state index contributed by atoms with van der Waals surface area (Å²) in [7, 11) is 4.56. The number of anilines is 1. The molecule has 2 aliphatic heterocycles. The highest BCUT2D eigenvalue weighted by Crippen LogP contribution is 2.56. The summed E-state index contributed by atoms with van der Waals surface area (Å²) in [6, 6.07) is 14.2. The van der Waals surface area contributed by atoms with Gasteiger partial charge >= 0.3 is 18.0 Å². The van der Waals surface area contributed by atoms with Crippen LogP contribution in [0.4, 0.5) is 10.5 Å².